The molecule has 0 unspecified atom stereocenters. The highest BCUT2D eigenvalue weighted by atomic mass is 32.2. The van der Waals surface area contributed by atoms with Gasteiger partial charge in [0.2, 0.25) is 10.0 Å². The van der Waals surface area contributed by atoms with Crippen LogP contribution in [0.2, 0.25) is 0 Å². The topological polar surface area (TPSA) is 122 Å². The molecule has 0 spiro atoms. The highest BCUT2D eigenvalue weighted by molar-refractivity contribution is 7.89. The minimum atomic E-state index is -3.74. The summed E-state index contributed by atoms with van der Waals surface area (Å²) in [6.45, 7) is 5.57. The first-order chi connectivity index (χ1) is 15.2. The minimum absolute atomic E-state index is 0.0909. The van der Waals surface area contributed by atoms with Gasteiger partial charge in [0.1, 0.15) is 17.1 Å². The van der Waals surface area contributed by atoms with E-state index in [-0.39, 0.29) is 22.3 Å². The number of likely N-dealkylation sites (tertiary alicyclic amines) is 1. The number of H-pyrrole nitrogens is 1. The lowest BCUT2D eigenvalue weighted by Crippen LogP contribution is -2.57. The maximum absolute atomic E-state index is 12.9. The Morgan fingerprint density at radius 3 is 2.66 bits per heavy atom. The summed E-state index contributed by atoms with van der Waals surface area (Å²) in [5.41, 5.74) is 1.70. The van der Waals surface area contributed by atoms with Crippen molar-refractivity contribution < 1.29 is 13.2 Å². The molecule has 1 aliphatic heterocycles. The average Bonchev–Trinajstić information content (AvgIpc) is 3.03. The number of sulfonamides is 1. The number of fused-ring (bicyclic) bond motifs is 1. The Hall–Kier alpha value is -2.76. The molecule has 0 atom stereocenters. The van der Waals surface area contributed by atoms with Crippen molar-refractivity contribution in [2.24, 2.45) is 7.05 Å². The summed E-state index contributed by atoms with van der Waals surface area (Å²) in [6, 6.07) is 4.47. The number of nitrogens with one attached hydrogen (secondary N) is 2. The van der Waals surface area contributed by atoms with Gasteiger partial charge in [-0.1, -0.05) is 13.3 Å². The predicted molar refractivity (Wildman–Crippen MR) is 121 cm³/mol. The highest BCUT2D eigenvalue weighted by Gasteiger charge is 2.29. The van der Waals surface area contributed by atoms with Crippen LogP contribution in [0.15, 0.2) is 27.9 Å². The van der Waals surface area contributed by atoms with Crippen LogP contribution in [0.5, 0.6) is 5.75 Å². The molecular weight excluding hydrogens is 432 g/mol. The number of rotatable bonds is 8. The number of hydrogen-bond donors (Lipinski definition) is 2. The van der Waals surface area contributed by atoms with Gasteiger partial charge in [0.05, 0.1) is 22.8 Å². The summed E-state index contributed by atoms with van der Waals surface area (Å²) in [6.07, 6.45) is 1.54. The van der Waals surface area contributed by atoms with Gasteiger partial charge in [-0.15, -0.1) is 0 Å². The van der Waals surface area contributed by atoms with Gasteiger partial charge >= 0.3 is 0 Å². The van der Waals surface area contributed by atoms with E-state index in [0.29, 0.717) is 48.5 Å². The molecule has 3 aromatic rings. The molecule has 3 heterocycles. The molecule has 1 saturated heterocycles. The number of aromatic amines is 1. The molecule has 0 radical (unpaired) electrons. The molecule has 0 amide bonds. The molecule has 0 aliphatic carbocycles. The number of nitrogens with zero attached hydrogens (tertiary/aromatic N) is 4. The fraction of sp³-hybridized carbons (Fsp3) is 0.476. The van der Waals surface area contributed by atoms with E-state index in [1.165, 1.54) is 16.8 Å². The Balaban J connectivity index is 1.83. The summed E-state index contributed by atoms with van der Waals surface area (Å²) in [5.74, 6) is 0.690. The van der Waals surface area contributed by atoms with Crippen molar-refractivity contribution in [2.45, 2.75) is 37.6 Å². The van der Waals surface area contributed by atoms with Crippen molar-refractivity contribution in [1.29, 1.82) is 0 Å². The molecule has 0 saturated carbocycles. The van der Waals surface area contributed by atoms with Crippen LogP contribution in [0.3, 0.4) is 0 Å². The number of aryl methyl sites for hydroxylation is 2. The van der Waals surface area contributed by atoms with E-state index in [0.717, 1.165) is 12.1 Å². The first kappa shape index (κ1) is 22.4. The molecule has 1 aliphatic rings. The summed E-state index contributed by atoms with van der Waals surface area (Å²) in [4.78, 5) is 22.4. The molecule has 2 aromatic heterocycles. The molecule has 2 N–H and O–H groups in total. The molecule has 1 aromatic carbocycles. The SMILES string of the molecule is CCCc1nn(C)c2c(=O)[nH]c(-c3cc(S(=O)(=O)NC4CN(C)C4)ccc3OCC)nc12. The second kappa shape index (κ2) is 8.64. The second-order valence-electron chi connectivity index (χ2n) is 8.06. The third-order valence-corrected chi connectivity index (χ3v) is 6.97. The molecule has 32 heavy (non-hydrogen) atoms. The van der Waals surface area contributed by atoms with E-state index < -0.39 is 10.0 Å². The molecule has 4 rings (SSSR count). The quantitative estimate of drug-likeness (QED) is 0.519. The van der Waals surface area contributed by atoms with Crippen molar-refractivity contribution in [2.75, 3.05) is 26.7 Å². The lowest BCUT2D eigenvalue weighted by atomic mass is 10.1. The summed E-state index contributed by atoms with van der Waals surface area (Å²) in [5, 5.41) is 4.44. The van der Waals surface area contributed by atoms with Crippen molar-refractivity contribution in [3.8, 4) is 17.1 Å². The maximum Gasteiger partial charge on any atom is 0.277 e. The number of aromatic nitrogens is 4. The Labute approximate surface area is 186 Å². The standard InChI is InChI=1S/C21H28N6O4S/c1-5-7-16-18-19(27(4)24-16)21(28)23-20(22-18)15-10-14(8-9-17(15)31-6-2)32(29,30)25-13-11-26(3)12-13/h8-10,13,25H,5-7,11-12H2,1-4H3,(H,22,23,28). The van der Waals surface area contributed by atoms with Gasteiger partial charge in [-0.2, -0.15) is 5.10 Å². The van der Waals surface area contributed by atoms with Crippen LogP contribution in [0.4, 0.5) is 0 Å². The molecule has 10 nitrogen and oxygen atoms in total. The third kappa shape index (κ3) is 4.15. The average molecular weight is 461 g/mol. The van der Waals surface area contributed by atoms with E-state index in [4.69, 9.17) is 4.74 Å². The van der Waals surface area contributed by atoms with Gasteiger partial charge in [-0.3, -0.25) is 9.48 Å². The van der Waals surface area contributed by atoms with E-state index in [1.807, 2.05) is 25.8 Å². The van der Waals surface area contributed by atoms with Crippen LogP contribution >= 0.6 is 0 Å². The maximum atomic E-state index is 12.9. The predicted octanol–water partition coefficient (Wildman–Crippen LogP) is 1.27. The number of ether oxygens (including phenoxy) is 1. The van der Waals surface area contributed by atoms with Crippen molar-refractivity contribution in [3.63, 3.8) is 0 Å². The number of benzene rings is 1. The van der Waals surface area contributed by atoms with Gasteiger partial charge in [-0.25, -0.2) is 18.1 Å². The Kier molecular flexibility index (Phi) is 6.06. The lowest BCUT2D eigenvalue weighted by Gasteiger charge is -2.36. The first-order valence-corrected chi connectivity index (χ1v) is 12.2. The zero-order valence-electron chi connectivity index (χ0n) is 18.7. The van der Waals surface area contributed by atoms with E-state index in [2.05, 4.69) is 19.8 Å². The Bertz CT molecular complexity index is 1310. The van der Waals surface area contributed by atoms with Gasteiger partial charge in [0, 0.05) is 26.2 Å². The zero-order valence-corrected chi connectivity index (χ0v) is 19.5. The zero-order chi connectivity index (χ0) is 23.0. The van der Waals surface area contributed by atoms with E-state index in [1.54, 1.807) is 13.1 Å². The van der Waals surface area contributed by atoms with Gasteiger partial charge in [0.25, 0.3) is 5.56 Å². The monoisotopic (exact) mass is 460 g/mol. The van der Waals surface area contributed by atoms with E-state index >= 15 is 0 Å². The van der Waals surface area contributed by atoms with Gasteiger partial charge in [-0.05, 0) is 38.6 Å². The van der Waals surface area contributed by atoms with Crippen LogP contribution in [0.1, 0.15) is 26.0 Å². The molecule has 0 bridgehead atoms. The largest absolute Gasteiger partial charge is 0.493 e. The van der Waals surface area contributed by atoms with Crippen molar-refractivity contribution >= 4 is 21.1 Å². The van der Waals surface area contributed by atoms with Crippen LogP contribution in [-0.4, -0.2) is 65.9 Å². The smallest absolute Gasteiger partial charge is 0.277 e. The summed E-state index contributed by atoms with van der Waals surface area (Å²) in [7, 11) is -0.0973. The fourth-order valence-corrected chi connectivity index (χ4v) is 5.23. The van der Waals surface area contributed by atoms with Crippen LogP contribution in [-0.2, 0) is 23.5 Å². The van der Waals surface area contributed by atoms with Crippen LogP contribution in [0, 0.1) is 0 Å². The number of hydrogen-bond acceptors (Lipinski definition) is 7. The highest BCUT2D eigenvalue weighted by Crippen LogP contribution is 2.31. The van der Waals surface area contributed by atoms with Crippen LogP contribution < -0.4 is 15.0 Å². The van der Waals surface area contributed by atoms with Crippen molar-refractivity contribution in [1.82, 2.24) is 29.4 Å². The first-order valence-electron chi connectivity index (χ1n) is 10.7. The molecular formula is C21H28N6O4S. The summed E-state index contributed by atoms with van der Waals surface area (Å²) >= 11 is 0. The van der Waals surface area contributed by atoms with Gasteiger partial charge in [0.15, 0.2) is 5.52 Å². The minimum Gasteiger partial charge on any atom is -0.493 e. The molecule has 1 fully saturated rings. The second-order valence-corrected chi connectivity index (χ2v) is 9.78. The normalized spacial score (nSPS) is 15.2. The lowest BCUT2D eigenvalue weighted by molar-refractivity contribution is 0.180. The third-order valence-electron chi connectivity index (χ3n) is 5.45. The molecule has 172 valence electrons. The van der Waals surface area contributed by atoms with Gasteiger partial charge < -0.3 is 14.6 Å². The van der Waals surface area contributed by atoms with E-state index in [9.17, 15) is 13.2 Å². The fourth-order valence-electron chi connectivity index (χ4n) is 3.98. The number of likely N-dealkylation sites (N-methyl/N-ethyl adjacent to an activating group) is 1. The van der Waals surface area contributed by atoms with Crippen molar-refractivity contribution in [3.05, 3.63) is 34.2 Å². The summed E-state index contributed by atoms with van der Waals surface area (Å²) < 4.78 is 35.8. The Morgan fingerprint density at radius 1 is 1.25 bits per heavy atom. The van der Waals surface area contributed by atoms with Crippen LogP contribution in [0.25, 0.3) is 22.4 Å². The Morgan fingerprint density at radius 2 is 2.00 bits per heavy atom. The molecule has 11 heteroatoms.